The molecule has 0 amide bonds. The molecule has 16 heavy (non-hydrogen) atoms. The van der Waals surface area contributed by atoms with E-state index in [0.717, 1.165) is 36.3 Å². The lowest BCUT2D eigenvalue weighted by Crippen LogP contribution is -2.03. The third-order valence-corrected chi connectivity index (χ3v) is 2.42. The van der Waals surface area contributed by atoms with Crippen molar-refractivity contribution in [3.63, 3.8) is 0 Å². The van der Waals surface area contributed by atoms with Crippen molar-refractivity contribution in [2.75, 3.05) is 6.61 Å². The van der Waals surface area contributed by atoms with Gasteiger partial charge in [0.1, 0.15) is 0 Å². The summed E-state index contributed by atoms with van der Waals surface area (Å²) in [6.07, 6.45) is -0.643. The lowest BCUT2D eigenvalue weighted by Gasteiger charge is -2.06. The van der Waals surface area contributed by atoms with Crippen LogP contribution in [0.25, 0.3) is 6.08 Å². The Balaban J connectivity index is 2.16. The molecule has 0 spiro atoms. The Morgan fingerprint density at radius 2 is 1.81 bits per heavy atom. The van der Waals surface area contributed by atoms with Crippen LogP contribution >= 0.6 is 0 Å². The summed E-state index contributed by atoms with van der Waals surface area (Å²) in [6.45, 7) is 0.701. The van der Waals surface area contributed by atoms with Gasteiger partial charge in [0.15, 0.2) is 0 Å². The first-order valence-corrected chi connectivity index (χ1v) is 5.06. The highest BCUT2D eigenvalue weighted by Crippen LogP contribution is 2.29. The van der Waals surface area contributed by atoms with Crippen molar-refractivity contribution in [1.82, 2.24) is 0 Å². The normalized spacial score (nSPS) is 18.8. The molecule has 1 heterocycles. The highest BCUT2D eigenvalue weighted by Gasteiger charge is 2.29. The minimum atomic E-state index is -4.27. The average Bonchev–Trinajstić information content (AvgIpc) is 2.70. The van der Waals surface area contributed by atoms with Crippen LogP contribution in [0.15, 0.2) is 30.0 Å². The lowest BCUT2D eigenvalue weighted by atomic mass is 10.1. The number of allylic oxidation sites excluding steroid dienone is 1. The Morgan fingerprint density at radius 3 is 2.31 bits per heavy atom. The monoisotopic (exact) mass is 228 g/mol. The summed E-state index contributed by atoms with van der Waals surface area (Å²) in [6, 6.07) is 5.08. The van der Waals surface area contributed by atoms with Crippen molar-refractivity contribution >= 4 is 6.08 Å². The number of hydrogen-bond acceptors (Lipinski definition) is 1. The van der Waals surface area contributed by atoms with Gasteiger partial charge in [-0.3, -0.25) is 0 Å². The van der Waals surface area contributed by atoms with Gasteiger partial charge in [-0.25, -0.2) is 0 Å². The van der Waals surface area contributed by atoms with Gasteiger partial charge in [0, 0.05) is 6.42 Å². The van der Waals surface area contributed by atoms with E-state index in [0.29, 0.717) is 6.61 Å². The van der Waals surface area contributed by atoms with Gasteiger partial charge in [0.25, 0.3) is 0 Å². The van der Waals surface area contributed by atoms with Crippen LogP contribution in [0.3, 0.4) is 0 Å². The lowest BCUT2D eigenvalue weighted by molar-refractivity contribution is -0.137. The summed E-state index contributed by atoms with van der Waals surface area (Å²) in [5.74, 6) is 0.847. The highest BCUT2D eigenvalue weighted by molar-refractivity contribution is 5.52. The molecule has 1 aromatic rings. The zero-order chi connectivity index (χ0) is 11.6. The van der Waals surface area contributed by atoms with Crippen molar-refractivity contribution < 1.29 is 17.9 Å². The summed E-state index contributed by atoms with van der Waals surface area (Å²) < 4.78 is 42.1. The first-order chi connectivity index (χ1) is 7.55. The summed E-state index contributed by atoms with van der Waals surface area (Å²) in [5.41, 5.74) is 0.117. The van der Waals surface area contributed by atoms with Crippen LogP contribution in [0.5, 0.6) is 0 Å². The molecule has 1 aliphatic rings. The van der Waals surface area contributed by atoms with Gasteiger partial charge >= 0.3 is 6.18 Å². The van der Waals surface area contributed by atoms with Crippen molar-refractivity contribution in [1.29, 1.82) is 0 Å². The van der Waals surface area contributed by atoms with Gasteiger partial charge in [-0.05, 0) is 30.2 Å². The zero-order valence-electron chi connectivity index (χ0n) is 8.55. The maximum Gasteiger partial charge on any atom is 0.416 e. The third kappa shape index (κ3) is 2.56. The van der Waals surface area contributed by atoms with Crippen LogP contribution in [-0.4, -0.2) is 6.61 Å². The smallest absolute Gasteiger partial charge is 0.416 e. The van der Waals surface area contributed by atoms with Crippen LogP contribution in [0, 0.1) is 0 Å². The third-order valence-electron chi connectivity index (χ3n) is 2.42. The number of benzene rings is 1. The largest absolute Gasteiger partial charge is 0.498 e. The molecular weight excluding hydrogens is 217 g/mol. The Kier molecular flexibility index (Phi) is 2.90. The molecule has 86 valence electrons. The SMILES string of the molecule is FC(F)(F)c1ccc(/C=C2\CCCO2)cc1. The second kappa shape index (κ2) is 4.20. The highest BCUT2D eigenvalue weighted by atomic mass is 19.4. The zero-order valence-corrected chi connectivity index (χ0v) is 8.55. The predicted molar refractivity (Wildman–Crippen MR) is 54.6 cm³/mol. The van der Waals surface area contributed by atoms with Crippen molar-refractivity contribution in [2.45, 2.75) is 19.0 Å². The van der Waals surface area contributed by atoms with Crippen LogP contribution in [0.4, 0.5) is 13.2 Å². The molecule has 0 aliphatic carbocycles. The number of rotatable bonds is 1. The Hall–Kier alpha value is -1.45. The first-order valence-electron chi connectivity index (χ1n) is 5.06. The summed E-state index contributed by atoms with van der Waals surface area (Å²) >= 11 is 0. The molecule has 0 saturated carbocycles. The molecular formula is C12H11F3O. The van der Waals surface area contributed by atoms with Crippen LogP contribution < -0.4 is 0 Å². The van der Waals surface area contributed by atoms with E-state index in [-0.39, 0.29) is 0 Å². The van der Waals surface area contributed by atoms with Crippen LogP contribution in [0.2, 0.25) is 0 Å². The van der Waals surface area contributed by atoms with E-state index in [1.807, 2.05) is 0 Å². The maximum absolute atomic E-state index is 12.3. The second-order valence-electron chi connectivity index (χ2n) is 3.68. The van der Waals surface area contributed by atoms with E-state index in [4.69, 9.17) is 4.74 Å². The van der Waals surface area contributed by atoms with E-state index < -0.39 is 11.7 Å². The molecule has 1 saturated heterocycles. The second-order valence-corrected chi connectivity index (χ2v) is 3.68. The number of alkyl halides is 3. The van der Waals surface area contributed by atoms with Gasteiger partial charge in [0.2, 0.25) is 0 Å². The van der Waals surface area contributed by atoms with Crippen molar-refractivity contribution in [3.05, 3.63) is 41.2 Å². The first kappa shape index (κ1) is 11.0. The van der Waals surface area contributed by atoms with Crippen molar-refractivity contribution in [2.24, 2.45) is 0 Å². The van der Waals surface area contributed by atoms with Crippen LogP contribution in [0.1, 0.15) is 24.0 Å². The van der Waals surface area contributed by atoms with Gasteiger partial charge in [-0.2, -0.15) is 13.2 Å². The summed E-state index contributed by atoms with van der Waals surface area (Å²) in [5, 5.41) is 0. The number of halogens is 3. The minimum absolute atomic E-state index is 0.623. The summed E-state index contributed by atoms with van der Waals surface area (Å²) in [7, 11) is 0. The maximum atomic E-state index is 12.3. The average molecular weight is 228 g/mol. The molecule has 0 atom stereocenters. The molecule has 0 bridgehead atoms. The molecule has 2 rings (SSSR count). The number of ether oxygens (including phenoxy) is 1. The molecule has 1 fully saturated rings. The molecule has 0 aromatic heterocycles. The minimum Gasteiger partial charge on any atom is -0.498 e. The Morgan fingerprint density at radius 1 is 1.12 bits per heavy atom. The Labute approximate surface area is 91.5 Å². The van der Waals surface area contributed by atoms with Crippen LogP contribution in [-0.2, 0) is 10.9 Å². The van der Waals surface area contributed by atoms with Gasteiger partial charge < -0.3 is 4.74 Å². The molecule has 4 heteroatoms. The Bertz CT molecular complexity index is 382. The molecule has 1 nitrogen and oxygen atoms in total. The topological polar surface area (TPSA) is 9.23 Å². The van der Waals surface area contributed by atoms with E-state index in [2.05, 4.69) is 0 Å². The fourth-order valence-electron chi connectivity index (χ4n) is 1.59. The summed E-state index contributed by atoms with van der Waals surface area (Å²) in [4.78, 5) is 0. The molecule has 0 radical (unpaired) electrons. The van der Waals surface area contributed by atoms with Gasteiger partial charge in [-0.1, -0.05) is 12.1 Å². The molecule has 0 N–H and O–H groups in total. The van der Waals surface area contributed by atoms with E-state index in [1.54, 1.807) is 6.08 Å². The van der Waals surface area contributed by atoms with Gasteiger partial charge in [0.05, 0.1) is 17.9 Å². The van der Waals surface area contributed by atoms with Gasteiger partial charge in [-0.15, -0.1) is 0 Å². The van der Waals surface area contributed by atoms with E-state index >= 15 is 0 Å². The van der Waals surface area contributed by atoms with E-state index in [1.165, 1.54) is 12.1 Å². The molecule has 1 aliphatic heterocycles. The van der Waals surface area contributed by atoms with Crippen molar-refractivity contribution in [3.8, 4) is 0 Å². The standard InChI is InChI=1S/C12H11F3O/c13-12(14,15)10-5-3-9(4-6-10)8-11-2-1-7-16-11/h3-6,8H,1-2,7H2/b11-8+. The molecule has 0 unspecified atom stereocenters. The quantitative estimate of drug-likeness (QED) is 0.709. The van der Waals surface area contributed by atoms with E-state index in [9.17, 15) is 13.2 Å². The number of hydrogen-bond donors (Lipinski definition) is 0. The fourth-order valence-corrected chi connectivity index (χ4v) is 1.59. The fraction of sp³-hybridized carbons (Fsp3) is 0.333. The molecule has 1 aromatic carbocycles. The predicted octanol–water partition coefficient (Wildman–Crippen LogP) is 3.86.